The average molecular weight is 316 g/mol. The van der Waals surface area contributed by atoms with E-state index < -0.39 is 10.0 Å². The quantitative estimate of drug-likeness (QED) is 0.805. The number of sulfonamides is 1. The predicted octanol–water partition coefficient (Wildman–Crippen LogP) is 0.814. The van der Waals surface area contributed by atoms with Gasteiger partial charge in [0.05, 0.1) is 6.20 Å². The minimum atomic E-state index is -3.74. The van der Waals surface area contributed by atoms with E-state index >= 15 is 0 Å². The highest BCUT2D eigenvalue weighted by atomic mass is 32.2. The number of aryl methyl sites for hydroxylation is 1. The molecular weight excluding hydrogens is 292 g/mol. The molecule has 1 aromatic heterocycles. The summed E-state index contributed by atoms with van der Waals surface area (Å²) in [7, 11) is -3.74. The van der Waals surface area contributed by atoms with E-state index in [-0.39, 0.29) is 23.3 Å². The van der Waals surface area contributed by atoms with Crippen LogP contribution in [0.3, 0.4) is 0 Å². The summed E-state index contributed by atoms with van der Waals surface area (Å²) in [5, 5.41) is 8.92. The predicted molar refractivity (Wildman–Crippen MR) is 79.9 cm³/mol. The highest BCUT2D eigenvalue weighted by molar-refractivity contribution is 7.89. The number of nitrogens with two attached hydrogens (primary N) is 1. The number of rotatable bonds is 7. The van der Waals surface area contributed by atoms with Gasteiger partial charge >= 0.3 is 0 Å². The summed E-state index contributed by atoms with van der Waals surface area (Å²) < 4.78 is 23.7. The molecule has 0 atom stereocenters. The monoisotopic (exact) mass is 316 g/mol. The molecule has 0 unspecified atom stereocenters. The van der Waals surface area contributed by atoms with Gasteiger partial charge in [0.1, 0.15) is 4.90 Å². The molecule has 0 radical (unpaired) electrons. The van der Waals surface area contributed by atoms with Crippen molar-refractivity contribution < 1.29 is 13.2 Å². The third kappa shape index (κ3) is 5.47. The van der Waals surface area contributed by atoms with Crippen molar-refractivity contribution in [3.63, 3.8) is 0 Å². The van der Waals surface area contributed by atoms with Crippen LogP contribution in [-0.4, -0.2) is 41.6 Å². The number of hydrogen-bond acceptors (Lipinski definition) is 4. The van der Waals surface area contributed by atoms with Crippen LogP contribution in [0.4, 0.5) is 0 Å². The molecular formula is C13H24N4O3S. The molecule has 0 bridgehead atoms. The second kappa shape index (κ2) is 7.04. The van der Waals surface area contributed by atoms with E-state index in [9.17, 15) is 13.2 Å². The first-order valence-corrected chi connectivity index (χ1v) is 8.50. The Balaban J connectivity index is 2.65. The first kappa shape index (κ1) is 17.6. The molecule has 0 aromatic carbocycles. The highest BCUT2D eigenvalue weighted by Crippen LogP contribution is 2.09. The van der Waals surface area contributed by atoms with Gasteiger partial charge in [0.15, 0.2) is 0 Å². The van der Waals surface area contributed by atoms with E-state index in [1.807, 2.05) is 18.7 Å². The van der Waals surface area contributed by atoms with Crippen molar-refractivity contribution in [2.45, 2.75) is 51.6 Å². The fraction of sp³-hybridized carbons (Fsp3) is 0.692. The van der Waals surface area contributed by atoms with E-state index in [1.165, 1.54) is 17.1 Å². The van der Waals surface area contributed by atoms with Crippen LogP contribution in [0.15, 0.2) is 17.3 Å². The number of primary sulfonamides is 1. The summed E-state index contributed by atoms with van der Waals surface area (Å²) in [5.41, 5.74) is 0. The third-order valence-electron chi connectivity index (χ3n) is 3.00. The van der Waals surface area contributed by atoms with Crippen LogP contribution in [0.25, 0.3) is 0 Å². The number of aromatic nitrogens is 2. The van der Waals surface area contributed by atoms with Gasteiger partial charge in [0.2, 0.25) is 15.9 Å². The number of amides is 1. The van der Waals surface area contributed by atoms with Crippen molar-refractivity contribution in [2.24, 2.45) is 11.1 Å². The normalized spacial score (nSPS) is 12.1. The maximum absolute atomic E-state index is 12.2. The Labute approximate surface area is 126 Å². The average Bonchev–Trinajstić information content (AvgIpc) is 2.81. The summed E-state index contributed by atoms with van der Waals surface area (Å²) in [5.74, 6) is 0.432. The second-order valence-corrected chi connectivity index (χ2v) is 7.33. The van der Waals surface area contributed by atoms with Crippen LogP contribution in [-0.2, 0) is 21.4 Å². The van der Waals surface area contributed by atoms with E-state index in [0.29, 0.717) is 19.0 Å². The molecule has 0 aliphatic carbocycles. The number of carbonyl (C=O) groups is 1. The minimum absolute atomic E-state index is 0.0337. The fourth-order valence-electron chi connectivity index (χ4n) is 1.96. The molecule has 0 spiro atoms. The van der Waals surface area contributed by atoms with Crippen LogP contribution < -0.4 is 5.14 Å². The molecule has 120 valence electrons. The summed E-state index contributed by atoms with van der Waals surface area (Å²) in [6.07, 6.45) is 2.80. The van der Waals surface area contributed by atoms with Crippen molar-refractivity contribution in [3.8, 4) is 0 Å². The third-order valence-corrected chi connectivity index (χ3v) is 3.87. The van der Waals surface area contributed by atoms with Gasteiger partial charge in [-0.3, -0.25) is 9.48 Å². The number of nitrogens with zero attached hydrogens (tertiary/aromatic N) is 3. The summed E-state index contributed by atoms with van der Waals surface area (Å²) in [4.78, 5) is 14.0. The van der Waals surface area contributed by atoms with Gasteiger partial charge in [0.25, 0.3) is 0 Å². The Kier molecular flexibility index (Phi) is 5.91. The molecule has 8 heteroatoms. The zero-order chi connectivity index (χ0) is 16.2. The van der Waals surface area contributed by atoms with Crippen molar-refractivity contribution in [1.82, 2.24) is 14.7 Å². The lowest BCUT2D eigenvalue weighted by Gasteiger charge is -2.28. The van der Waals surface area contributed by atoms with Crippen molar-refractivity contribution in [2.75, 3.05) is 6.54 Å². The topological polar surface area (TPSA) is 98.3 Å². The van der Waals surface area contributed by atoms with Gasteiger partial charge in [-0.15, -0.1) is 0 Å². The molecule has 1 rings (SSSR count). The maximum Gasteiger partial charge on any atom is 0.241 e. The molecule has 1 aromatic rings. The maximum atomic E-state index is 12.2. The smallest absolute Gasteiger partial charge is 0.241 e. The molecule has 2 N–H and O–H groups in total. The van der Waals surface area contributed by atoms with Crippen molar-refractivity contribution >= 4 is 15.9 Å². The Hall–Kier alpha value is -1.41. The number of hydrogen-bond donors (Lipinski definition) is 1. The van der Waals surface area contributed by atoms with Crippen LogP contribution >= 0.6 is 0 Å². The Morgan fingerprint density at radius 3 is 2.43 bits per heavy atom. The molecule has 0 aliphatic heterocycles. The Morgan fingerprint density at radius 2 is 2.00 bits per heavy atom. The van der Waals surface area contributed by atoms with Crippen LogP contribution in [0, 0.1) is 5.92 Å². The molecule has 1 heterocycles. The van der Waals surface area contributed by atoms with E-state index in [0.717, 1.165) is 0 Å². The van der Waals surface area contributed by atoms with Crippen molar-refractivity contribution in [3.05, 3.63) is 12.4 Å². The number of carbonyl (C=O) groups excluding carboxylic acids is 1. The molecule has 7 nitrogen and oxygen atoms in total. The second-order valence-electron chi connectivity index (χ2n) is 5.77. The van der Waals surface area contributed by atoms with E-state index in [4.69, 9.17) is 5.14 Å². The van der Waals surface area contributed by atoms with Gasteiger partial charge in [-0.05, 0) is 19.8 Å². The molecule has 0 saturated heterocycles. The standard InChI is InChI=1S/C13H24N4O3S/c1-10(2)8-17(11(3)4)13(18)5-6-16-9-12(7-15-16)21(14,19)20/h7,9-11H,5-6,8H2,1-4H3,(H2,14,19,20). The summed E-state index contributed by atoms with van der Waals surface area (Å²) >= 11 is 0. The summed E-state index contributed by atoms with van der Waals surface area (Å²) in [6.45, 7) is 9.12. The zero-order valence-corrected chi connectivity index (χ0v) is 13.8. The zero-order valence-electron chi connectivity index (χ0n) is 13.0. The first-order valence-electron chi connectivity index (χ1n) is 6.96. The lowest BCUT2D eigenvalue weighted by atomic mass is 10.1. The van der Waals surface area contributed by atoms with Crippen LogP contribution in [0.1, 0.15) is 34.1 Å². The summed E-state index contributed by atoms with van der Waals surface area (Å²) in [6, 6.07) is 0.137. The van der Waals surface area contributed by atoms with Gasteiger partial charge in [-0.1, -0.05) is 13.8 Å². The molecule has 0 saturated carbocycles. The largest absolute Gasteiger partial charge is 0.340 e. The molecule has 0 fully saturated rings. The molecule has 21 heavy (non-hydrogen) atoms. The van der Waals surface area contributed by atoms with E-state index in [2.05, 4.69) is 18.9 Å². The van der Waals surface area contributed by atoms with E-state index in [1.54, 1.807) is 0 Å². The van der Waals surface area contributed by atoms with Gasteiger partial charge in [-0.2, -0.15) is 5.10 Å². The molecule has 1 amide bonds. The van der Waals surface area contributed by atoms with Gasteiger partial charge in [0, 0.05) is 31.7 Å². The first-order chi connectivity index (χ1) is 9.61. The minimum Gasteiger partial charge on any atom is -0.340 e. The molecule has 0 aliphatic rings. The highest BCUT2D eigenvalue weighted by Gasteiger charge is 2.18. The fourth-order valence-corrected chi connectivity index (χ4v) is 2.42. The SMILES string of the molecule is CC(C)CN(C(=O)CCn1cc(S(N)(=O)=O)cn1)C(C)C. The Bertz CT molecular complexity index is 578. The van der Waals surface area contributed by atoms with Gasteiger partial charge in [-0.25, -0.2) is 13.6 Å². The van der Waals surface area contributed by atoms with Gasteiger partial charge < -0.3 is 4.90 Å². The van der Waals surface area contributed by atoms with Crippen LogP contribution in [0.2, 0.25) is 0 Å². The van der Waals surface area contributed by atoms with Crippen molar-refractivity contribution in [1.29, 1.82) is 0 Å². The van der Waals surface area contributed by atoms with Crippen LogP contribution in [0.5, 0.6) is 0 Å². The Morgan fingerprint density at radius 1 is 1.38 bits per heavy atom. The lowest BCUT2D eigenvalue weighted by molar-refractivity contribution is -0.133. The lowest BCUT2D eigenvalue weighted by Crippen LogP contribution is -2.39.